The van der Waals surface area contributed by atoms with Crippen LogP contribution in [0.3, 0.4) is 0 Å². The van der Waals surface area contributed by atoms with Crippen LogP contribution < -0.4 is 14.2 Å². The molecule has 0 saturated carbocycles. The largest absolute Gasteiger partial charge is 0.497 e. The van der Waals surface area contributed by atoms with E-state index < -0.39 is 0 Å². The first kappa shape index (κ1) is 15.9. The third kappa shape index (κ3) is 3.79. The predicted molar refractivity (Wildman–Crippen MR) is 85.2 cm³/mol. The van der Waals surface area contributed by atoms with Gasteiger partial charge in [0.25, 0.3) is 0 Å². The Bertz CT molecular complexity index is 649. The van der Waals surface area contributed by atoms with Crippen LogP contribution in [0.15, 0.2) is 42.5 Å². The molecule has 0 N–H and O–H groups in total. The van der Waals surface area contributed by atoms with E-state index >= 15 is 0 Å². The maximum absolute atomic E-state index is 12.4. The molecular formula is C18H20O4. The number of methoxy groups -OCH3 is 3. The van der Waals surface area contributed by atoms with Crippen molar-refractivity contribution in [1.82, 2.24) is 0 Å². The molecule has 22 heavy (non-hydrogen) atoms. The Morgan fingerprint density at radius 3 is 2.32 bits per heavy atom. The van der Waals surface area contributed by atoms with Crippen molar-refractivity contribution in [3.05, 3.63) is 53.6 Å². The minimum absolute atomic E-state index is 0.0438. The highest BCUT2D eigenvalue weighted by molar-refractivity contribution is 5.99. The number of hydrogen-bond donors (Lipinski definition) is 0. The van der Waals surface area contributed by atoms with Crippen molar-refractivity contribution >= 4 is 5.78 Å². The van der Waals surface area contributed by atoms with Crippen molar-refractivity contribution in [3.8, 4) is 17.2 Å². The second kappa shape index (κ2) is 7.50. The first-order chi connectivity index (χ1) is 10.7. The second-order valence-electron chi connectivity index (χ2n) is 4.84. The normalized spacial score (nSPS) is 10.1. The fourth-order valence-electron chi connectivity index (χ4n) is 2.25. The molecule has 0 unspecified atom stereocenters. The van der Waals surface area contributed by atoms with Gasteiger partial charge in [-0.05, 0) is 36.2 Å². The molecule has 0 heterocycles. The van der Waals surface area contributed by atoms with E-state index in [0.29, 0.717) is 29.9 Å². The second-order valence-corrected chi connectivity index (χ2v) is 4.84. The van der Waals surface area contributed by atoms with Crippen molar-refractivity contribution in [2.24, 2.45) is 0 Å². The quantitative estimate of drug-likeness (QED) is 0.734. The average molecular weight is 300 g/mol. The standard InChI is InChI=1S/C18H20O4/c1-20-14-6-4-5-13(11-14)7-10-17(19)16-9-8-15(21-2)12-18(16)22-3/h4-6,8-9,11-12H,7,10H2,1-3H3. The molecule has 0 aromatic heterocycles. The summed E-state index contributed by atoms with van der Waals surface area (Å²) in [5.74, 6) is 2.05. The molecule has 0 saturated heterocycles. The predicted octanol–water partition coefficient (Wildman–Crippen LogP) is 3.53. The molecule has 116 valence electrons. The van der Waals surface area contributed by atoms with Gasteiger partial charge in [0.1, 0.15) is 17.2 Å². The summed E-state index contributed by atoms with van der Waals surface area (Å²) < 4.78 is 15.6. The van der Waals surface area contributed by atoms with Crippen LogP contribution in [0.1, 0.15) is 22.3 Å². The van der Waals surface area contributed by atoms with Crippen molar-refractivity contribution in [2.45, 2.75) is 12.8 Å². The zero-order valence-electron chi connectivity index (χ0n) is 13.1. The Balaban J connectivity index is 2.08. The summed E-state index contributed by atoms with van der Waals surface area (Å²) in [4.78, 5) is 12.4. The number of carbonyl (C=O) groups is 1. The minimum atomic E-state index is 0.0438. The van der Waals surface area contributed by atoms with Crippen molar-refractivity contribution in [3.63, 3.8) is 0 Å². The Kier molecular flexibility index (Phi) is 5.42. The van der Waals surface area contributed by atoms with E-state index in [1.807, 2.05) is 24.3 Å². The van der Waals surface area contributed by atoms with Crippen LogP contribution in [0.2, 0.25) is 0 Å². The molecule has 0 amide bonds. The monoisotopic (exact) mass is 300 g/mol. The van der Waals surface area contributed by atoms with E-state index in [1.165, 1.54) is 0 Å². The third-order valence-corrected chi connectivity index (χ3v) is 3.48. The Hall–Kier alpha value is -2.49. The number of hydrogen-bond acceptors (Lipinski definition) is 4. The average Bonchev–Trinajstić information content (AvgIpc) is 2.59. The molecular weight excluding hydrogens is 280 g/mol. The van der Waals surface area contributed by atoms with E-state index in [0.717, 1.165) is 11.3 Å². The summed E-state index contributed by atoms with van der Waals surface area (Å²) in [6.45, 7) is 0. The summed E-state index contributed by atoms with van der Waals surface area (Å²) >= 11 is 0. The van der Waals surface area contributed by atoms with Crippen LogP contribution in [0.4, 0.5) is 0 Å². The molecule has 0 bridgehead atoms. The molecule has 0 spiro atoms. The van der Waals surface area contributed by atoms with Crippen LogP contribution in [-0.2, 0) is 6.42 Å². The fourth-order valence-corrected chi connectivity index (χ4v) is 2.25. The van der Waals surface area contributed by atoms with Crippen molar-refractivity contribution in [1.29, 1.82) is 0 Å². The summed E-state index contributed by atoms with van der Waals surface area (Å²) in [5, 5.41) is 0. The topological polar surface area (TPSA) is 44.8 Å². The van der Waals surface area contributed by atoms with Gasteiger partial charge in [0, 0.05) is 12.5 Å². The molecule has 0 aliphatic carbocycles. The molecule has 2 aromatic carbocycles. The lowest BCUT2D eigenvalue weighted by atomic mass is 10.0. The lowest BCUT2D eigenvalue weighted by molar-refractivity contribution is 0.0980. The number of ketones is 1. The lowest BCUT2D eigenvalue weighted by Crippen LogP contribution is -2.04. The van der Waals surface area contributed by atoms with E-state index in [9.17, 15) is 4.79 Å². The Morgan fingerprint density at radius 2 is 1.64 bits per heavy atom. The summed E-state index contributed by atoms with van der Waals surface area (Å²) in [6.07, 6.45) is 1.07. The highest BCUT2D eigenvalue weighted by Crippen LogP contribution is 2.26. The van der Waals surface area contributed by atoms with E-state index in [2.05, 4.69) is 0 Å². The van der Waals surface area contributed by atoms with E-state index in [-0.39, 0.29) is 5.78 Å². The zero-order valence-corrected chi connectivity index (χ0v) is 13.1. The first-order valence-corrected chi connectivity index (χ1v) is 7.06. The summed E-state index contributed by atoms with van der Waals surface area (Å²) in [6, 6.07) is 13.0. The van der Waals surface area contributed by atoms with Gasteiger partial charge >= 0.3 is 0 Å². The molecule has 0 aliphatic heterocycles. The first-order valence-electron chi connectivity index (χ1n) is 7.06. The van der Waals surface area contributed by atoms with Gasteiger partial charge in [-0.15, -0.1) is 0 Å². The van der Waals surface area contributed by atoms with Gasteiger partial charge in [-0.3, -0.25) is 4.79 Å². The summed E-state index contributed by atoms with van der Waals surface area (Å²) in [7, 11) is 4.76. The third-order valence-electron chi connectivity index (χ3n) is 3.48. The fraction of sp³-hybridized carbons (Fsp3) is 0.278. The Morgan fingerprint density at radius 1 is 0.909 bits per heavy atom. The molecule has 4 heteroatoms. The maximum atomic E-state index is 12.4. The summed E-state index contributed by atoms with van der Waals surface area (Å²) in [5.41, 5.74) is 1.64. The highest BCUT2D eigenvalue weighted by atomic mass is 16.5. The maximum Gasteiger partial charge on any atom is 0.166 e. The number of aryl methyl sites for hydroxylation is 1. The van der Waals surface area contributed by atoms with Gasteiger partial charge in [0.05, 0.1) is 26.9 Å². The SMILES string of the molecule is COc1cccc(CCC(=O)c2ccc(OC)cc2OC)c1. The molecule has 0 fully saturated rings. The van der Waals surface area contributed by atoms with Crippen molar-refractivity contribution in [2.75, 3.05) is 21.3 Å². The number of Topliss-reactive ketones (excluding diaryl/α,β-unsaturated/α-hetero) is 1. The van der Waals surface area contributed by atoms with Gasteiger partial charge in [-0.2, -0.15) is 0 Å². The van der Waals surface area contributed by atoms with Crippen LogP contribution in [0.5, 0.6) is 17.2 Å². The van der Waals surface area contributed by atoms with E-state index in [1.54, 1.807) is 39.5 Å². The molecule has 0 atom stereocenters. The van der Waals surface area contributed by atoms with Crippen LogP contribution in [0, 0.1) is 0 Å². The van der Waals surface area contributed by atoms with Gasteiger partial charge in [0.2, 0.25) is 0 Å². The van der Waals surface area contributed by atoms with Crippen LogP contribution >= 0.6 is 0 Å². The molecule has 2 rings (SSSR count). The smallest absolute Gasteiger partial charge is 0.166 e. The van der Waals surface area contributed by atoms with Gasteiger partial charge < -0.3 is 14.2 Å². The van der Waals surface area contributed by atoms with Crippen molar-refractivity contribution < 1.29 is 19.0 Å². The number of carbonyl (C=O) groups excluding carboxylic acids is 1. The molecule has 2 aromatic rings. The van der Waals surface area contributed by atoms with Gasteiger partial charge in [-0.25, -0.2) is 0 Å². The zero-order chi connectivity index (χ0) is 15.9. The highest BCUT2D eigenvalue weighted by Gasteiger charge is 2.13. The molecule has 0 aliphatic rings. The number of benzene rings is 2. The molecule has 0 radical (unpaired) electrons. The van der Waals surface area contributed by atoms with E-state index in [4.69, 9.17) is 14.2 Å². The van der Waals surface area contributed by atoms with Gasteiger partial charge in [0.15, 0.2) is 5.78 Å². The van der Waals surface area contributed by atoms with Gasteiger partial charge in [-0.1, -0.05) is 12.1 Å². The van der Waals surface area contributed by atoms with Crippen LogP contribution in [0.25, 0.3) is 0 Å². The Labute approximate surface area is 130 Å². The lowest BCUT2D eigenvalue weighted by Gasteiger charge is -2.10. The minimum Gasteiger partial charge on any atom is -0.497 e. The van der Waals surface area contributed by atoms with Crippen LogP contribution in [-0.4, -0.2) is 27.1 Å². The number of ether oxygens (including phenoxy) is 3. The number of rotatable bonds is 7. The molecule has 4 nitrogen and oxygen atoms in total.